The summed E-state index contributed by atoms with van der Waals surface area (Å²) in [7, 11) is 1.67. The second-order valence-electron chi connectivity index (χ2n) is 7.26. The zero-order valence-electron chi connectivity index (χ0n) is 16.7. The minimum atomic E-state index is 0.0709. The fourth-order valence-electron chi connectivity index (χ4n) is 3.85. The Bertz CT molecular complexity index is 935. The van der Waals surface area contributed by atoms with Gasteiger partial charge in [0.1, 0.15) is 5.75 Å². The van der Waals surface area contributed by atoms with Crippen molar-refractivity contribution in [3.63, 3.8) is 0 Å². The van der Waals surface area contributed by atoms with Crippen LogP contribution in [0, 0.1) is 0 Å². The van der Waals surface area contributed by atoms with Crippen molar-refractivity contribution in [1.29, 1.82) is 0 Å². The van der Waals surface area contributed by atoms with Gasteiger partial charge < -0.3 is 10.1 Å². The molecular formula is C25H26N2O2. The number of methoxy groups -OCH3 is 1. The van der Waals surface area contributed by atoms with Crippen LogP contribution in [0.4, 0.5) is 11.4 Å². The van der Waals surface area contributed by atoms with Crippen molar-refractivity contribution >= 4 is 17.3 Å². The van der Waals surface area contributed by atoms with Crippen molar-refractivity contribution in [2.75, 3.05) is 25.1 Å². The zero-order valence-corrected chi connectivity index (χ0v) is 16.7. The summed E-state index contributed by atoms with van der Waals surface area (Å²) in [4.78, 5) is 15.1. The molecule has 1 N–H and O–H groups in total. The lowest BCUT2D eigenvalue weighted by atomic mass is 10.0. The Morgan fingerprint density at radius 2 is 1.48 bits per heavy atom. The van der Waals surface area contributed by atoms with Crippen LogP contribution in [0.15, 0.2) is 72.8 Å². The predicted octanol–water partition coefficient (Wildman–Crippen LogP) is 4.29. The summed E-state index contributed by atoms with van der Waals surface area (Å²) in [6, 6.07) is 24.5. The van der Waals surface area contributed by atoms with E-state index in [0.29, 0.717) is 6.54 Å². The summed E-state index contributed by atoms with van der Waals surface area (Å²) < 4.78 is 5.20. The molecule has 1 aliphatic rings. The van der Waals surface area contributed by atoms with Crippen molar-refractivity contribution in [2.45, 2.75) is 19.3 Å². The number of hydrogen-bond donors (Lipinski definition) is 1. The van der Waals surface area contributed by atoms with E-state index in [0.717, 1.165) is 42.9 Å². The molecule has 3 aromatic carbocycles. The molecule has 1 heterocycles. The monoisotopic (exact) mass is 386 g/mol. The Kier molecular flexibility index (Phi) is 5.92. The zero-order chi connectivity index (χ0) is 20.1. The third kappa shape index (κ3) is 4.33. The normalized spacial score (nSPS) is 12.7. The standard InChI is InChI=1S/C25H26N2O2/c1-29-22-14-10-19(11-15-22)16-17-26-18-25(28)27-23-8-4-2-6-20(23)12-13-21-7-3-5-9-24(21)27/h2-11,14-15,26H,12-13,16-18H2,1H3. The molecule has 4 heteroatoms. The summed E-state index contributed by atoms with van der Waals surface area (Å²) in [5, 5.41) is 3.32. The molecule has 0 saturated carbocycles. The van der Waals surface area contributed by atoms with Crippen LogP contribution in [0.25, 0.3) is 0 Å². The van der Waals surface area contributed by atoms with E-state index >= 15 is 0 Å². The first kappa shape index (κ1) is 19.2. The van der Waals surface area contributed by atoms with E-state index in [1.165, 1.54) is 16.7 Å². The molecule has 0 aliphatic carbocycles. The van der Waals surface area contributed by atoms with E-state index < -0.39 is 0 Å². The van der Waals surface area contributed by atoms with Crippen molar-refractivity contribution in [3.05, 3.63) is 89.5 Å². The Balaban J connectivity index is 1.45. The summed E-state index contributed by atoms with van der Waals surface area (Å²) in [6.45, 7) is 1.05. The molecule has 4 rings (SSSR count). The third-order valence-corrected chi connectivity index (χ3v) is 5.40. The van der Waals surface area contributed by atoms with Crippen LogP contribution in [0.3, 0.4) is 0 Å². The van der Waals surface area contributed by atoms with Gasteiger partial charge in [0.25, 0.3) is 0 Å². The van der Waals surface area contributed by atoms with Gasteiger partial charge in [-0.15, -0.1) is 0 Å². The SMILES string of the molecule is COc1ccc(CCNCC(=O)N2c3ccccc3CCc3ccccc32)cc1. The first-order chi connectivity index (χ1) is 14.3. The second kappa shape index (κ2) is 8.93. The minimum Gasteiger partial charge on any atom is -0.497 e. The third-order valence-electron chi connectivity index (χ3n) is 5.40. The maximum absolute atomic E-state index is 13.2. The number of nitrogens with zero attached hydrogens (tertiary/aromatic N) is 1. The second-order valence-corrected chi connectivity index (χ2v) is 7.26. The van der Waals surface area contributed by atoms with E-state index in [9.17, 15) is 4.79 Å². The molecule has 0 unspecified atom stereocenters. The van der Waals surface area contributed by atoms with Crippen LogP contribution in [0.2, 0.25) is 0 Å². The Hall–Kier alpha value is -3.11. The van der Waals surface area contributed by atoms with Gasteiger partial charge in [0, 0.05) is 0 Å². The molecule has 0 saturated heterocycles. The van der Waals surface area contributed by atoms with Crippen LogP contribution in [0.1, 0.15) is 16.7 Å². The van der Waals surface area contributed by atoms with Crippen LogP contribution in [0.5, 0.6) is 5.75 Å². The van der Waals surface area contributed by atoms with Gasteiger partial charge in [-0.25, -0.2) is 0 Å². The van der Waals surface area contributed by atoms with E-state index in [-0.39, 0.29) is 5.91 Å². The van der Waals surface area contributed by atoms with Crippen LogP contribution >= 0.6 is 0 Å². The summed E-state index contributed by atoms with van der Waals surface area (Å²) >= 11 is 0. The number of para-hydroxylation sites is 2. The topological polar surface area (TPSA) is 41.6 Å². The van der Waals surface area contributed by atoms with Crippen molar-refractivity contribution < 1.29 is 9.53 Å². The molecule has 0 bridgehead atoms. The molecule has 1 amide bonds. The van der Waals surface area contributed by atoms with Gasteiger partial charge >= 0.3 is 0 Å². The molecule has 1 aliphatic heterocycles. The van der Waals surface area contributed by atoms with Crippen LogP contribution in [-0.4, -0.2) is 26.1 Å². The number of rotatable bonds is 6. The van der Waals surface area contributed by atoms with Crippen molar-refractivity contribution in [1.82, 2.24) is 5.32 Å². The average molecular weight is 386 g/mol. The highest BCUT2D eigenvalue weighted by Crippen LogP contribution is 2.35. The van der Waals surface area contributed by atoms with Crippen LogP contribution < -0.4 is 15.0 Å². The molecule has 4 nitrogen and oxygen atoms in total. The molecule has 0 spiro atoms. The molecule has 148 valence electrons. The van der Waals surface area contributed by atoms with Crippen LogP contribution in [-0.2, 0) is 24.1 Å². The summed E-state index contributed by atoms with van der Waals surface area (Å²) in [6.07, 6.45) is 2.76. The highest BCUT2D eigenvalue weighted by atomic mass is 16.5. The number of hydrogen-bond acceptors (Lipinski definition) is 3. The molecule has 29 heavy (non-hydrogen) atoms. The number of aryl methyl sites for hydroxylation is 2. The van der Waals surface area contributed by atoms with Gasteiger partial charge in [-0.3, -0.25) is 9.69 Å². The fraction of sp³-hybridized carbons (Fsp3) is 0.240. The molecule has 0 aromatic heterocycles. The lowest BCUT2D eigenvalue weighted by Gasteiger charge is -2.25. The quantitative estimate of drug-likeness (QED) is 0.643. The first-order valence-electron chi connectivity index (χ1n) is 10.1. The lowest BCUT2D eigenvalue weighted by molar-refractivity contribution is -0.117. The lowest BCUT2D eigenvalue weighted by Crippen LogP contribution is -2.36. The number of fused-ring (bicyclic) bond motifs is 2. The average Bonchev–Trinajstić information content (AvgIpc) is 2.94. The largest absolute Gasteiger partial charge is 0.497 e. The maximum Gasteiger partial charge on any atom is 0.245 e. The van der Waals surface area contributed by atoms with E-state index in [1.807, 2.05) is 53.4 Å². The molecule has 0 fully saturated rings. The van der Waals surface area contributed by atoms with Gasteiger partial charge in [0.15, 0.2) is 0 Å². The number of carbonyl (C=O) groups is 1. The molecule has 0 atom stereocenters. The highest BCUT2D eigenvalue weighted by molar-refractivity contribution is 6.03. The molecule has 3 aromatic rings. The smallest absolute Gasteiger partial charge is 0.245 e. The number of nitrogens with one attached hydrogen (secondary N) is 1. The van der Waals surface area contributed by atoms with Gasteiger partial charge in [-0.1, -0.05) is 48.5 Å². The number of carbonyl (C=O) groups excluding carboxylic acids is 1. The molecular weight excluding hydrogens is 360 g/mol. The Labute approximate surface area is 172 Å². The highest BCUT2D eigenvalue weighted by Gasteiger charge is 2.24. The maximum atomic E-state index is 13.2. The minimum absolute atomic E-state index is 0.0709. The Morgan fingerprint density at radius 1 is 0.897 bits per heavy atom. The number of anilines is 2. The van der Waals surface area contributed by atoms with E-state index in [2.05, 4.69) is 29.6 Å². The number of amides is 1. The summed E-state index contributed by atoms with van der Waals surface area (Å²) in [5.74, 6) is 0.928. The number of ether oxygens (including phenoxy) is 1. The van der Waals surface area contributed by atoms with E-state index in [1.54, 1.807) is 7.11 Å². The predicted molar refractivity (Wildman–Crippen MR) is 117 cm³/mol. The van der Waals surface area contributed by atoms with Crippen molar-refractivity contribution in [3.8, 4) is 5.75 Å². The number of benzene rings is 3. The van der Waals surface area contributed by atoms with Crippen molar-refractivity contribution in [2.24, 2.45) is 0 Å². The van der Waals surface area contributed by atoms with E-state index in [4.69, 9.17) is 4.74 Å². The molecule has 0 radical (unpaired) electrons. The Morgan fingerprint density at radius 3 is 2.07 bits per heavy atom. The van der Waals surface area contributed by atoms with Gasteiger partial charge in [0.2, 0.25) is 5.91 Å². The van der Waals surface area contributed by atoms with Gasteiger partial charge in [-0.2, -0.15) is 0 Å². The summed E-state index contributed by atoms with van der Waals surface area (Å²) in [5.41, 5.74) is 5.65. The van der Waals surface area contributed by atoms with Gasteiger partial charge in [0.05, 0.1) is 25.0 Å². The van der Waals surface area contributed by atoms with Gasteiger partial charge in [-0.05, 0) is 66.8 Å². The fourth-order valence-corrected chi connectivity index (χ4v) is 3.85. The first-order valence-corrected chi connectivity index (χ1v) is 10.1.